The number of carbonyl (C=O) groups excluding carboxylic acids is 1. The van der Waals surface area contributed by atoms with Gasteiger partial charge in [-0.3, -0.25) is 9.10 Å². The van der Waals surface area contributed by atoms with Gasteiger partial charge in [0.15, 0.2) is 0 Å². The summed E-state index contributed by atoms with van der Waals surface area (Å²) in [4.78, 5) is 12.6. The fourth-order valence-corrected chi connectivity index (χ4v) is 4.63. The van der Waals surface area contributed by atoms with Gasteiger partial charge in [0.25, 0.3) is 0 Å². The molecule has 0 aliphatic carbocycles. The van der Waals surface area contributed by atoms with Gasteiger partial charge in [-0.15, -0.1) is 0 Å². The van der Waals surface area contributed by atoms with Gasteiger partial charge in [0.1, 0.15) is 6.54 Å². The third-order valence-electron chi connectivity index (χ3n) is 4.54. The van der Waals surface area contributed by atoms with Crippen LogP contribution in [0.1, 0.15) is 24.9 Å². The molecule has 0 saturated carbocycles. The number of benzene rings is 2. The summed E-state index contributed by atoms with van der Waals surface area (Å²) in [6.45, 7) is 1.51. The monoisotopic (exact) mass is 453 g/mol. The minimum atomic E-state index is -3.77. The molecule has 10 heteroatoms. The minimum Gasteiger partial charge on any atom is -0.348 e. The lowest BCUT2D eigenvalue weighted by Gasteiger charge is -2.24. The van der Waals surface area contributed by atoms with E-state index in [1.54, 1.807) is 0 Å². The number of nitrogens with one attached hydrogen (secondary N) is 1. The van der Waals surface area contributed by atoms with Crippen molar-refractivity contribution in [3.8, 4) is 0 Å². The molecule has 0 heterocycles. The highest BCUT2D eigenvalue weighted by Gasteiger charge is 2.24. The molecule has 2 aromatic carbocycles. The molecule has 0 aliphatic heterocycles. The number of sulfonamides is 2. The summed E-state index contributed by atoms with van der Waals surface area (Å²) in [5.41, 5.74) is 1.13. The van der Waals surface area contributed by atoms with Crippen LogP contribution in [-0.2, 0) is 24.8 Å². The highest BCUT2D eigenvalue weighted by atomic mass is 32.2. The van der Waals surface area contributed by atoms with Crippen LogP contribution in [-0.4, -0.2) is 53.9 Å². The van der Waals surface area contributed by atoms with E-state index in [9.17, 15) is 21.6 Å². The number of carbonyl (C=O) groups is 1. The van der Waals surface area contributed by atoms with Gasteiger partial charge in [0.2, 0.25) is 26.0 Å². The third kappa shape index (κ3) is 5.80. The van der Waals surface area contributed by atoms with Gasteiger partial charge in [-0.05, 0) is 36.2 Å². The summed E-state index contributed by atoms with van der Waals surface area (Å²) in [5.74, 6) is -0.457. The first-order chi connectivity index (χ1) is 14.0. The molecule has 1 N–H and O–H groups in total. The van der Waals surface area contributed by atoms with E-state index in [1.807, 2.05) is 37.3 Å². The topological polar surface area (TPSA) is 104 Å². The average molecular weight is 454 g/mol. The van der Waals surface area contributed by atoms with Crippen LogP contribution in [0.4, 0.5) is 5.69 Å². The lowest BCUT2D eigenvalue weighted by Crippen LogP contribution is -2.41. The SMILES string of the molecule is CCC(NC(=O)CN(c1ccc(S(=O)(=O)N(C)C)cc1)S(C)(=O)=O)c1ccccc1. The Balaban J connectivity index is 2.24. The first kappa shape index (κ1) is 23.8. The van der Waals surface area contributed by atoms with Crippen molar-refractivity contribution in [2.75, 3.05) is 31.2 Å². The van der Waals surface area contributed by atoms with E-state index in [0.717, 1.165) is 20.4 Å². The van der Waals surface area contributed by atoms with E-state index in [0.29, 0.717) is 6.42 Å². The second-order valence-corrected chi connectivity index (χ2v) is 11.0. The number of anilines is 1. The van der Waals surface area contributed by atoms with Crippen molar-refractivity contribution >= 4 is 31.6 Å². The van der Waals surface area contributed by atoms with Gasteiger partial charge >= 0.3 is 0 Å². The number of nitrogens with zero attached hydrogens (tertiary/aromatic N) is 2. The predicted molar refractivity (Wildman–Crippen MR) is 117 cm³/mol. The molecule has 0 radical (unpaired) electrons. The molecule has 8 nitrogen and oxygen atoms in total. The Morgan fingerprint density at radius 2 is 1.53 bits per heavy atom. The molecule has 0 fully saturated rings. The highest BCUT2D eigenvalue weighted by molar-refractivity contribution is 7.92. The quantitative estimate of drug-likeness (QED) is 0.625. The maximum atomic E-state index is 12.6. The number of rotatable bonds is 9. The first-order valence-electron chi connectivity index (χ1n) is 9.31. The largest absolute Gasteiger partial charge is 0.348 e. The second kappa shape index (κ2) is 9.59. The van der Waals surface area contributed by atoms with Crippen LogP contribution in [0.25, 0.3) is 0 Å². The minimum absolute atomic E-state index is 0.0317. The predicted octanol–water partition coefficient (Wildman–Crippen LogP) is 1.97. The van der Waals surface area contributed by atoms with Crippen LogP contribution >= 0.6 is 0 Å². The van der Waals surface area contributed by atoms with Crippen molar-refractivity contribution in [1.29, 1.82) is 0 Å². The Bertz CT molecular complexity index is 1070. The lowest BCUT2D eigenvalue weighted by molar-refractivity contribution is -0.120. The fraction of sp³-hybridized carbons (Fsp3) is 0.350. The van der Waals surface area contributed by atoms with Crippen molar-refractivity contribution in [1.82, 2.24) is 9.62 Å². The Morgan fingerprint density at radius 1 is 0.967 bits per heavy atom. The summed E-state index contributed by atoms with van der Waals surface area (Å²) in [6.07, 6.45) is 1.64. The summed E-state index contributed by atoms with van der Waals surface area (Å²) < 4.78 is 51.0. The van der Waals surface area contributed by atoms with E-state index in [2.05, 4.69) is 5.32 Å². The average Bonchev–Trinajstić information content (AvgIpc) is 2.70. The van der Waals surface area contributed by atoms with Crippen LogP contribution in [0, 0.1) is 0 Å². The molecule has 0 spiro atoms. The Kier molecular flexibility index (Phi) is 7.62. The molecule has 30 heavy (non-hydrogen) atoms. The molecular formula is C20H27N3O5S2. The second-order valence-electron chi connectivity index (χ2n) is 6.99. The molecule has 1 amide bonds. The van der Waals surface area contributed by atoms with Crippen LogP contribution in [0.5, 0.6) is 0 Å². The molecule has 2 aromatic rings. The molecule has 2 rings (SSSR count). The molecule has 0 aromatic heterocycles. The van der Waals surface area contributed by atoms with Gasteiger partial charge in [-0.2, -0.15) is 0 Å². The summed E-state index contributed by atoms with van der Waals surface area (Å²) in [6, 6.07) is 14.6. The zero-order valence-electron chi connectivity index (χ0n) is 17.4. The Hall–Kier alpha value is -2.43. The highest BCUT2D eigenvalue weighted by Crippen LogP contribution is 2.22. The molecule has 0 aliphatic rings. The molecule has 1 atom stereocenters. The fourth-order valence-electron chi connectivity index (χ4n) is 2.87. The molecule has 0 bridgehead atoms. The molecule has 1 unspecified atom stereocenters. The zero-order chi connectivity index (χ0) is 22.5. The zero-order valence-corrected chi connectivity index (χ0v) is 19.1. The number of amides is 1. The van der Waals surface area contributed by atoms with E-state index in [4.69, 9.17) is 0 Å². The van der Waals surface area contributed by atoms with E-state index < -0.39 is 32.5 Å². The number of hydrogen-bond donors (Lipinski definition) is 1. The van der Waals surface area contributed by atoms with Crippen molar-refractivity contribution in [2.45, 2.75) is 24.3 Å². The first-order valence-corrected chi connectivity index (χ1v) is 12.6. The van der Waals surface area contributed by atoms with E-state index in [1.165, 1.54) is 38.4 Å². The van der Waals surface area contributed by atoms with Crippen LogP contribution in [0.15, 0.2) is 59.5 Å². The summed E-state index contributed by atoms with van der Waals surface area (Å²) in [5, 5.41) is 2.86. The smallest absolute Gasteiger partial charge is 0.242 e. The maximum absolute atomic E-state index is 12.6. The van der Waals surface area contributed by atoms with Crippen molar-refractivity contribution < 1.29 is 21.6 Å². The van der Waals surface area contributed by atoms with Crippen molar-refractivity contribution in [3.63, 3.8) is 0 Å². The van der Waals surface area contributed by atoms with Crippen LogP contribution in [0.3, 0.4) is 0 Å². The maximum Gasteiger partial charge on any atom is 0.242 e. The molecular weight excluding hydrogens is 426 g/mol. The van der Waals surface area contributed by atoms with Gasteiger partial charge in [0, 0.05) is 14.1 Å². The Labute approximate surface area is 178 Å². The van der Waals surface area contributed by atoms with E-state index in [-0.39, 0.29) is 16.6 Å². The van der Waals surface area contributed by atoms with Crippen LogP contribution in [0.2, 0.25) is 0 Å². The van der Waals surface area contributed by atoms with Crippen molar-refractivity contribution in [3.05, 3.63) is 60.2 Å². The molecule has 0 saturated heterocycles. The third-order valence-corrected chi connectivity index (χ3v) is 7.51. The molecule has 164 valence electrons. The number of hydrogen-bond acceptors (Lipinski definition) is 5. The van der Waals surface area contributed by atoms with Gasteiger partial charge < -0.3 is 5.32 Å². The summed E-state index contributed by atoms with van der Waals surface area (Å²) in [7, 11) is -4.59. The van der Waals surface area contributed by atoms with Crippen molar-refractivity contribution in [2.24, 2.45) is 0 Å². The van der Waals surface area contributed by atoms with Crippen LogP contribution < -0.4 is 9.62 Å². The van der Waals surface area contributed by atoms with E-state index >= 15 is 0 Å². The van der Waals surface area contributed by atoms with Gasteiger partial charge in [-0.25, -0.2) is 21.1 Å². The standard InChI is InChI=1S/C20H27N3O5S2/c1-5-19(16-9-7-6-8-10-16)21-20(24)15-23(29(4,25)26)17-11-13-18(14-12-17)30(27,28)22(2)3/h6-14,19H,5,15H2,1-4H3,(H,21,24). The van der Waals surface area contributed by atoms with Gasteiger partial charge in [-0.1, -0.05) is 37.3 Å². The normalized spacial score (nSPS) is 13.1. The Morgan fingerprint density at radius 3 is 2.00 bits per heavy atom. The lowest BCUT2D eigenvalue weighted by atomic mass is 10.0. The summed E-state index contributed by atoms with van der Waals surface area (Å²) >= 11 is 0. The van der Waals surface area contributed by atoms with Gasteiger partial charge in [0.05, 0.1) is 22.9 Å².